The summed E-state index contributed by atoms with van der Waals surface area (Å²) in [6, 6.07) is 15.7. The number of rotatable bonds is 4. The van der Waals surface area contributed by atoms with E-state index in [0.29, 0.717) is 11.5 Å². The molecular weight excluding hydrogens is 300 g/mol. The number of nitrogens with one attached hydrogen (secondary N) is 1. The van der Waals surface area contributed by atoms with Gasteiger partial charge < -0.3 is 9.84 Å². The average Bonchev–Trinajstić information content (AvgIpc) is 3.01. The van der Waals surface area contributed by atoms with Crippen LogP contribution in [0, 0.1) is 20.8 Å². The summed E-state index contributed by atoms with van der Waals surface area (Å²) >= 11 is 0. The Hall–Kier alpha value is -2.88. The third kappa shape index (κ3) is 3.54. The number of aromatic nitrogens is 1. The Morgan fingerprint density at radius 3 is 2.58 bits per heavy atom. The molecule has 0 radical (unpaired) electrons. The molecule has 24 heavy (non-hydrogen) atoms. The summed E-state index contributed by atoms with van der Waals surface area (Å²) in [7, 11) is 0. The Morgan fingerprint density at radius 2 is 1.83 bits per heavy atom. The zero-order chi connectivity index (χ0) is 17.1. The van der Waals surface area contributed by atoms with E-state index in [1.165, 1.54) is 5.56 Å². The Bertz CT molecular complexity index is 864. The highest BCUT2D eigenvalue weighted by Gasteiger charge is 2.12. The highest BCUT2D eigenvalue weighted by Crippen LogP contribution is 2.22. The zero-order valence-electron chi connectivity index (χ0n) is 14.1. The van der Waals surface area contributed by atoms with Crippen molar-refractivity contribution in [2.75, 3.05) is 5.32 Å². The van der Waals surface area contributed by atoms with Gasteiger partial charge in [-0.15, -0.1) is 0 Å². The SMILES string of the molecule is Cc1ccc(-c2cc(CC(=O)Nc3cccc(C)c3C)no2)cc1. The number of hydrogen-bond acceptors (Lipinski definition) is 3. The second-order valence-electron chi connectivity index (χ2n) is 6.02. The number of hydrogen-bond donors (Lipinski definition) is 1. The predicted molar refractivity (Wildman–Crippen MR) is 94.9 cm³/mol. The Kier molecular flexibility index (Phi) is 4.47. The van der Waals surface area contributed by atoms with Crippen molar-refractivity contribution >= 4 is 11.6 Å². The normalized spacial score (nSPS) is 10.6. The summed E-state index contributed by atoms with van der Waals surface area (Å²) in [5.74, 6) is 0.567. The van der Waals surface area contributed by atoms with Gasteiger partial charge in [-0.25, -0.2) is 0 Å². The van der Waals surface area contributed by atoms with Gasteiger partial charge in [0.15, 0.2) is 5.76 Å². The number of aryl methyl sites for hydroxylation is 2. The van der Waals surface area contributed by atoms with Gasteiger partial charge in [-0.05, 0) is 38.0 Å². The number of anilines is 1. The van der Waals surface area contributed by atoms with Crippen molar-refractivity contribution in [1.82, 2.24) is 5.16 Å². The first-order valence-electron chi connectivity index (χ1n) is 7.91. The molecule has 0 spiro atoms. The smallest absolute Gasteiger partial charge is 0.230 e. The summed E-state index contributed by atoms with van der Waals surface area (Å²) in [6.45, 7) is 6.06. The molecule has 2 aromatic carbocycles. The fourth-order valence-corrected chi connectivity index (χ4v) is 2.49. The van der Waals surface area contributed by atoms with Gasteiger partial charge in [0.1, 0.15) is 0 Å². The van der Waals surface area contributed by atoms with E-state index in [9.17, 15) is 4.79 Å². The summed E-state index contributed by atoms with van der Waals surface area (Å²) in [5, 5.41) is 6.94. The van der Waals surface area contributed by atoms with Crippen molar-refractivity contribution in [3.05, 3.63) is 70.9 Å². The zero-order valence-corrected chi connectivity index (χ0v) is 14.1. The number of amides is 1. The number of benzene rings is 2. The highest BCUT2D eigenvalue weighted by atomic mass is 16.5. The van der Waals surface area contributed by atoms with E-state index >= 15 is 0 Å². The second-order valence-corrected chi connectivity index (χ2v) is 6.02. The molecule has 1 heterocycles. The monoisotopic (exact) mass is 320 g/mol. The molecule has 1 amide bonds. The van der Waals surface area contributed by atoms with E-state index in [1.807, 2.05) is 69.3 Å². The van der Waals surface area contributed by atoms with Crippen LogP contribution in [-0.4, -0.2) is 11.1 Å². The number of nitrogens with zero attached hydrogens (tertiary/aromatic N) is 1. The number of carbonyl (C=O) groups is 1. The first-order valence-corrected chi connectivity index (χ1v) is 7.91. The maximum absolute atomic E-state index is 12.2. The standard InChI is InChI=1S/C20H20N2O2/c1-13-7-9-16(10-8-13)19-11-17(22-24-19)12-20(23)21-18-6-4-5-14(2)15(18)3/h4-11H,12H2,1-3H3,(H,21,23). The van der Waals surface area contributed by atoms with E-state index in [-0.39, 0.29) is 12.3 Å². The third-order valence-corrected chi connectivity index (χ3v) is 4.12. The van der Waals surface area contributed by atoms with E-state index in [1.54, 1.807) is 0 Å². The van der Waals surface area contributed by atoms with Crippen molar-refractivity contribution in [3.63, 3.8) is 0 Å². The molecule has 0 unspecified atom stereocenters. The topological polar surface area (TPSA) is 55.1 Å². The summed E-state index contributed by atoms with van der Waals surface area (Å²) in [4.78, 5) is 12.2. The molecule has 0 aliphatic carbocycles. The van der Waals surface area contributed by atoms with Gasteiger partial charge >= 0.3 is 0 Å². The minimum absolute atomic E-state index is 0.104. The lowest BCUT2D eigenvalue weighted by molar-refractivity contribution is -0.115. The largest absolute Gasteiger partial charge is 0.356 e. The van der Waals surface area contributed by atoms with E-state index < -0.39 is 0 Å². The van der Waals surface area contributed by atoms with Crippen LogP contribution in [0.1, 0.15) is 22.4 Å². The van der Waals surface area contributed by atoms with Crippen LogP contribution in [-0.2, 0) is 11.2 Å². The van der Waals surface area contributed by atoms with Crippen LogP contribution in [0.3, 0.4) is 0 Å². The van der Waals surface area contributed by atoms with Crippen LogP contribution < -0.4 is 5.32 Å². The second kappa shape index (κ2) is 6.71. The molecule has 4 heteroatoms. The third-order valence-electron chi connectivity index (χ3n) is 4.12. The van der Waals surface area contributed by atoms with Crippen molar-refractivity contribution < 1.29 is 9.32 Å². The highest BCUT2D eigenvalue weighted by molar-refractivity contribution is 5.93. The van der Waals surface area contributed by atoms with Crippen LogP contribution in [0.2, 0.25) is 0 Å². The maximum atomic E-state index is 12.2. The van der Waals surface area contributed by atoms with Crippen molar-refractivity contribution in [2.45, 2.75) is 27.2 Å². The van der Waals surface area contributed by atoms with Crippen LogP contribution in [0.25, 0.3) is 11.3 Å². The lowest BCUT2D eigenvalue weighted by Crippen LogP contribution is -2.15. The quantitative estimate of drug-likeness (QED) is 0.773. The van der Waals surface area contributed by atoms with Gasteiger partial charge in [-0.1, -0.05) is 47.1 Å². The Balaban J connectivity index is 1.69. The lowest BCUT2D eigenvalue weighted by Gasteiger charge is -2.09. The molecule has 122 valence electrons. The van der Waals surface area contributed by atoms with Crippen LogP contribution in [0.15, 0.2) is 53.1 Å². The van der Waals surface area contributed by atoms with Crippen LogP contribution >= 0.6 is 0 Å². The fourth-order valence-electron chi connectivity index (χ4n) is 2.49. The van der Waals surface area contributed by atoms with Crippen molar-refractivity contribution in [2.24, 2.45) is 0 Å². The van der Waals surface area contributed by atoms with Crippen molar-refractivity contribution in [3.8, 4) is 11.3 Å². The fraction of sp³-hybridized carbons (Fsp3) is 0.200. The molecule has 3 aromatic rings. The van der Waals surface area contributed by atoms with Gasteiger partial charge in [0.25, 0.3) is 0 Å². The molecule has 0 aliphatic heterocycles. The van der Waals surface area contributed by atoms with E-state index in [0.717, 1.165) is 22.4 Å². The molecule has 3 rings (SSSR count). The van der Waals surface area contributed by atoms with Gasteiger partial charge in [0.2, 0.25) is 5.91 Å². The van der Waals surface area contributed by atoms with Crippen LogP contribution in [0.5, 0.6) is 0 Å². The molecule has 4 nitrogen and oxygen atoms in total. The number of carbonyl (C=O) groups excluding carboxylic acids is 1. The van der Waals surface area contributed by atoms with Gasteiger partial charge in [-0.3, -0.25) is 4.79 Å². The molecule has 0 saturated heterocycles. The van der Waals surface area contributed by atoms with E-state index in [2.05, 4.69) is 10.5 Å². The maximum Gasteiger partial charge on any atom is 0.230 e. The first-order chi connectivity index (χ1) is 11.5. The summed E-state index contributed by atoms with van der Waals surface area (Å²) < 4.78 is 5.35. The molecular formula is C20H20N2O2. The minimum atomic E-state index is -0.104. The molecule has 0 saturated carbocycles. The summed E-state index contributed by atoms with van der Waals surface area (Å²) in [6.07, 6.45) is 0.183. The summed E-state index contributed by atoms with van der Waals surface area (Å²) in [5.41, 5.74) is 5.82. The van der Waals surface area contributed by atoms with Gasteiger partial charge in [0.05, 0.1) is 12.1 Å². The first kappa shape index (κ1) is 16.0. The lowest BCUT2D eigenvalue weighted by atomic mass is 10.1. The molecule has 0 bridgehead atoms. The molecule has 1 N–H and O–H groups in total. The molecule has 0 aliphatic rings. The van der Waals surface area contributed by atoms with Crippen LogP contribution in [0.4, 0.5) is 5.69 Å². The predicted octanol–water partition coefficient (Wildman–Crippen LogP) is 4.45. The minimum Gasteiger partial charge on any atom is -0.356 e. The Morgan fingerprint density at radius 1 is 1.08 bits per heavy atom. The molecule has 1 aromatic heterocycles. The molecule has 0 atom stereocenters. The van der Waals surface area contributed by atoms with E-state index in [4.69, 9.17) is 4.52 Å². The van der Waals surface area contributed by atoms with Gasteiger partial charge in [-0.2, -0.15) is 0 Å². The Labute approximate surface area is 141 Å². The average molecular weight is 320 g/mol. The van der Waals surface area contributed by atoms with Crippen molar-refractivity contribution in [1.29, 1.82) is 0 Å². The van der Waals surface area contributed by atoms with Gasteiger partial charge in [0, 0.05) is 17.3 Å². The molecule has 0 fully saturated rings.